The number of anilines is 1. The van der Waals surface area contributed by atoms with E-state index in [0.717, 1.165) is 27.4 Å². The van der Waals surface area contributed by atoms with Crippen LogP contribution in [0.3, 0.4) is 0 Å². The minimum atomic E-state index is 0.412. The summed E-state index contributed by atoms with van der Waals surface area (Å²) < 4.78 is 0. The van der Waals surface area contributed by atoms with Crippen molar-refractivity contribution < 1.29 is 0 Å². The summed E-state index contributed by atoms with van der Waals surface area (Å²) in [4.78, 5) is 4.77. The molecule has 0 saturated carbocycles. The second-order valence-corrected chi connectivity index (χ2v) is 3.55. The molecule has 1 aromatic carbocycles. The van der Waals surface area contributed by atoms with Gasteiger partial charge in [-0.2, -0.15) is 5.26 Å². The normalized spacial score (nSPS) is 9.93. The molecule has 0 bridgehead atoms. The lowest BCUT2D eigenvalue weighted by Gasteiger charge is -2.03. The van der Waals surface area contributed by atoms with E-state index in [4.69, 9.17) is 11.0 Å². The Balaban J connectivity index is 2.77. The molecule has 0 unspecified atom stereocenters. The molecule has 2 aromatic rings. The fraction of sp³-hybridized carbons (Fsp3) is 0. The predicted octanol–water partition coefficient (Wildman–Crippen LogP) is 2.39. The summed E-state index contributed by atoms with van der Waals surface area (Å²) in [5.74, 6) is 0.412. The first-order valence-electron chi connectivity index (χ1n) is 4.02. The van der Waals surface area contributed by atoms with Gasteiger partial charge >= 0.3 is 0 Å². The van der Waals surface area contributed by atoms with Crippen LogP contribution in [0.15, 0.2) is 35.4 Å². The first-order chi connectivity index (χ1) is 6.83. The Morgan fingerprint density at radius 2 is 2.14 bits per heavy atom. The third-order valence-corrected chi connectivity index (χ3v) is 2.65. The molecule has 0 aliphatic carbocycles. The Labute approximate surface area is 85.6 Å². The molecule has 0 fully saturated rings. The van der Waals surface area contributed by atoms with E-state index in [1.807, 2.05) is 29.7 Å². The van der Waals surface area contributed by atoms with Crippen LogP contribution in [0.5, 0.6) is 0 Å². The quantitative estimate of drug-likeness (QED) is 0.568. The monoisotopic (exact) mass is 201 g/mol. The number of aromatic nitrogens is 1. The summed E-state index contributed by atoms with van der Waals surface area (Å²) >= 11 is 1.05. The topological polar surface area (TPSA) is 62.7 Å². The first kappa shape index (κ1) is 8.85. The SMILES string of the molecule is N#CSc1c(N)ncc2ccccc12. The van der Waals surface area contributed by atoms with E-state index in [-0.39, 0.29) is 0 Å². The zero-order chi connectivity index (χ0) is 9.97. The van der Waals surface area contributed by atoms with Crippen LogP contribution in [-0.2, 0) is 0 Å². The van der Waals surface area contributed by atoms with Crippen molar-refractivity contribution in [2.45, 2.75) is 4.90 Å². The van der Waals surface area contributed by atoms with Crippen LogP contribution in [0.4, 0.5) is 5.82 Å². The number of benzene rings is 1. The maximum atomic E-state index is 8.63. The van der Waals surface area contributed by atoms with E-state index in [9.17, 15) is 0 Å². The van der Waals surface area contributed by atoms with Crippen LogP contribution in [-0.4, -0.2) is 4.98 Å². The standard InChI is InChI=1S/C10H7N3S/c11-6-14-9-8-4-2-1-3-7(8)5-13-10(9)12/h1-5H,(H2,12,13). The van der Waals surface area contributed by atoms with Crippen LogP contribution in [0.25, 0.3) is 10.8 Å². The number of fused-ring (bicyclic) bond motifs is 1. The molecule has 0 saturated heterocycles. The number of nitrogens with zero attached hydrogens (tertiary/aromatic N) is 2. The molecular formula is C10H7N3S. The van der Waals surface area contributed by atoms with Gasteiger partial charge in [0.25, 0.3) is 0 Å². The van der Waals surface area contributed by atoms with Gasteiger partial charge in [0, 0.05) is 17.0 Å². The van der Waals surface area contributed by atoms with Crippen LogP contribution >= 0.6 is 11.8 Å². The Kier molecular flexibility index (Phi) is 2.25. The fourth-order valence-electron chi connectivity index (χ4n) is 1.30. The first-order valence-corrected chi connectivity index (χ1v) is 4.83. The highest BCUT2D eigenvalue weighted by atomic mass is 32.2. The Morgan fingerprint density at radius 1 is 1.36 bits per heavy atom. The lowest BCUT2D eigenvalue weighted by molar-refractivity contribution is 1.30. The molecule has 68 valence electrons. The molecule has 1 heterocycles. The molecular weight excluding hydrogens is 194 g/mol. The summed E-state index contributed by atoms with van der Waals surface area (Å²) in [6, 6.07) is 7.74. The summed E-state index contributed by atoms with van der Waals surface area (Å²) in [5, 5.41) is 12.6. The average Bonchev–Trinajstić information content (AvgIpc) is 2.23. The molecule has 0 spiro atoms. The molecule has 0 radical (unpaired) electrons. The average molecular weight is 201 g/mol. The predicted molar refractivity (Wildman–Crippen MR) is 57.6 cm³/mol. The molecule has 4 heteroatoms. The number of rotatable bonds is 1. The zero-order valence-corrected chi connectivity index (χ0v) is 8.08. The smallest absolute Gasteiger partial charge is 0.138 e. The van der Waals surface area contributed by atoms with Crippen LogP contribution in [0, 0.1) is 10.7 Å². The van der Waals surface area contributed by atoms with Gasteiger partial charge in [-0.1, -0.05) is 24.3 Å². The lowest BCUT2D eigenvalue weighted by atomic mass is 10.2. The lowest BCUT2D eigenvalue weighted by Crippen LogP contribution is -1.92. The summed E-state index contributed by atoms with van der Waals surface area (Å²) in [6.07, 6.45) is 1.71. The number of pyridine rings is 1. The maximum Gasteiger partial charge on any atom is 0.138 e. The second kappa shape index (κ2) is 3.56. The molecule has 0 aliphatic rings. The molecule has 3 nitrogen and oxygen atoms in total. The van der Waals surface area contributed by atoms with Crippen LogP contribution < -0.4 is 5.73 Å². The molecule has 0 amide bonds. The highest BCUT2D eigenvalue weighted by Gasteiger charge is 2.06. The van der Waals surface area contributed by atoms with Gasteiger partial charge in [0.2, 0.25) is 0 Å². The van der Waals surface area contributed by atoms with Gasteiger partial charge in [-0.15, -0.1) is 0 Å². The largest absolute Gasteiger partial charge is 0.383 e. The Hall–Kier alpha value is -1.73. The number of thioether (sulfide) groups is 1. The highest BCUT2D eigenvalue weighted by Crippen LogP contribution is 2.30. The second-order valence-electron chi connectivity index (χ2n) is 2.75. The summed E-state index contributed by atoms with van der Waals surface area (Å²) in [7, 11) is 0. The number of thiocyanates is 1. The Morgan fingerprint density at radius 3 is 2.93 bits per heavy atom. The van der Waals surface area contributed by atoms with Crippen molar-refractivity contribution in [2.75, 3.05) is 5.73 Å². The molecule has 1 aromatic heterocycles. The number of nitriles is 1. The van der Waals surface area contributed by atoms with Gasteiger partial charge in [-0.25, -0.2) is 4.98 Å². The van der Waals surface area contributed by atoms with Gasteiger partial charge in [0.1, 0.15) is 11.2 Å². The van der Waals surface area contributed by atoms with E-state index in [0.29, 0.717) is 5.82 Å². The van der Waals surface area contributed by atoms with Crippen molar-refractivity contribution in [3.8, 4) is 5.40 Å². The molecule has 14 heavy (non-hydrogen) atoms. The molecule has 2 rings (SSSR count). The summed E-state index contributed by atoms with van der Waals surface area (Å²) in [5.41, 5.74) is 5.69. The van der Waals surface area contributed by atoms with Crippen molar-refractivity contribution in [2.24, 2.45) is 0 Å². The van der Waals surface area contributed by atoms with Crippen molar-refractivity contribution in [3.63, 3.8) is 0 Å². The van der Waals surface area contributed by atoms with Crippen LogP contribution in [0.1, 0.15) is 0 Å². The summed E-state index contributed by atoms with van der Waals surface area (Å²) in [6.45, 7) is 0. The number of nitrogens with two attached hydrogens (primary N) is 1. The number of hydrogen-bond donors (Lipinski definition) is 1. The van der Waals surface area contributed by atoms with E-state index >= 15 is 0 Å². The zero-order valence-electron chi connectivity index (χ0n) is 7.27. The van der Waals surface area contributed by atoms with Crippen molar-refractivity contribution in [3.05, 3.63) is 30.5 Å². The van der Waals surface area contributed by atoms with E-state index in [1.165, 1.54) is 0 Å². The van der Waals surface area contributed by atoms with Gasteiger partial charge < -0.3 is 5.73 Å². The van der Waals surface area contributed by atoms with Gasteiger partial charge in [0.15, 0.2) is 0 Å². The van der Waals surface area contributed by atoms with E-state index in [1.54, 1.807) is 6.20 Å². The minimum Gasteiger partial charge on any atom is -0.383 e. The Bertz CT molecular complexity index is 516. The highest BCUT2D eigenvalue weighted by molar-refractivity contribution is 8.04. The number of hydrogen-bond acceptors (Lipinski definition) is 4. The van der Waals surface area contributed by atoms with Gasteiger partial charge in [0.05, 0.1) is 4.90 Å². The van der Waals surface area contributed by atoms with Gasteiger partial charge in [-0.3, -0.25) is 0 Å². The van der Waals surface area contributed by atoms with Crippen molar-refractivity contribution >= 4 is 28.4 Å². The van der Waals surface area contributed by atoms with Crippen LogP contribution in [0.2, 0.25) is 0 Å². The van der Waals surface area contributed by atoms with Crippen molar-refractivity contribution in [1.82, 2.24) is 4.98 Å². The minimum absolute atomic E-state index is 0.412. The van der Waals surface area contributed by atoms with E-state index in [2.05, 4.69) is 4.98 Å². The molecule has 0 aliphatic heterocycles. The fourth-order valence-corrected chi connectivity index (χ4v) is 1.85. The number of nitrogen functional groups attached to an aromatic ring is 1. The third-order valence-electron chi connectivity index (χ3n) is 1.93. The molecule has 2 N–H and O–H groups in total. The van der Waals surface area contributed by atoms with E-state index < -0.39 is 0 Å². The third kappa shape index (κ3) is 1.38. The molecule has 0 atom stereocenters. The van der Waals surface area contributed by atoms with Gasteiger partial charge in [-0.05, 0) is 11.8 Å². The maximum absolute atomic E-state index is 8.63. The van der Waals surface area contributed by atoms with Crippen molar-refractivity contribution in [1.29, 1.82) is 5.26 Å².